The standard InChI is InChI=1S/C12H16N2O2/c1-9-4-5-10(8-11(9)14(15)16)13-12(2)6-3-7-12/h4-5,8,13H,3,6-7H2,1-2H3. The molecular formula is C12H16N2O2. The number of nitro benzene ring substituents is 1. The smallest absolute Gasteiger partial charge is 0.274 e. The van der Waals surface area contributed by atoms with E-state index >= 15 is 0 Å². The van der Waals surface area contributed by atoms with Gasteiger partial charge < -0.3 is 5.32 Å². The minimum Gasteiger partial charge on any atom is -0.380 e. The molecule has 0 bridgehead atoms. The summed E-state index contributed by atoms with van der Waals surface area (Å²) in [7, 11) is 0. The Morgan fingerprint density at radius 3 is 2.62 bits per heavy atom. The van der Waals surface area contributed by atoms with E-state index in [1.807, 2.05) is 6.07 Å². The summed E-state index contributed by atoms with van der Waals surface area (Å²) in [6.07, 6.45) is 3.50. The lowest BCUT2D eigenvalue weighted by Crippen LogP contribution is -2.41. The van der Waals surface area contributed by atoms with E-state index < -0.39 is 0 Å². The van der Waals surface area contributed by atoms with Crippen LogP contribution < -0.4 is 5.32 Å². The van der Waals surface area contributed by atoms with Gasteiger partial charge in [-0.2, -0.15) is 0 Å². The van der Waals surface area contributed by atoms with E-state index in [9.17, 15) is 10.1 Å². The van der Waals surface area contributed by atoms with Crippen LogP contribution in [0.25, 0.3) is 0 Å². The lowest BCUT2D eigenvalue weighted by atomic mass is 9.78. The summed E-state index contributed by atoms with van der Waals surface area (Å²) in [5.41, 5.74) is 1.87. The Hall–Kier alpha value is -1.58. The Morgan fingerprint density at radius 1 is 1.44 bits per heavy atom. The molecule has 0 radical (unpaired) electrons. The van der Waals surface area contributed by atoms with Crippen LogP contribution in [0.1, 0.15) is 31.7 Å². The maximum absolute atomic E-state index is 10.8. The number of rotatable bonds is 3. The summed E-state index contributed by atoms with van der Waals surface area (Å²) >= 11 is 0. The molecule has 2 rings (SSSR count). The zero-order chi connectivity index (χ0) is 11.8. The first-order valence-corrected chi connectivity index (χ1v) is 5.53. The third-order valence-corrected chi connectivity index (χ3v) is 3.31. The van der Waals surface area contributed by atoms with Crippen molar-refractivity contribution in [3.05, 3.63) is 33.9 Å². The van der Waals surface area contributed by atoms with Crippen LogP contribution in [0.4, 0.5) is 11.4 Å². The first-order valence-electron chi connectivity index (χ1n) is 5.53. The summed E-state index contributed by atoms with van der Waals surface area (Å²) < 4.78 is 0. The summed E-state index contributed by atoms with van der Waals surface area (Å²) in [4.78, 5) is 10.5. The predicted octanol–water partition coefficient (Wildman–Crippen LogP) is 3.26. The molecule has 1 fully saturated rings. The molecule has 1 aliphatic rings. The zero-order valence-electron chi connectivity index (χ0n) is 9.62. The minimum atomic E-state index is -0.330. The van der Waals surface area contributed by atoms with Gasteiger partial charge in [0.2, 0.25) is 0 Å². The Morgan fingerprint density at radius 2 is 2.12 bits per heavy atom. The van der Waals surface area contributed by atoms with E-state index in [1.54, 1.807) is 19.1 Å². The largest absolute Gasteiger partial charge is 0.380 e. The Kier molecular flexibility index (Phi) is 2.58. The van der Waals surface area contributed by atoms with Crippen LogP contribution in [0.3, 0.4) is 0 Å². The van der Waals surface area contributed by atoms with Crippen molar-refractivity contribution in [2.45, 2.75) is 38.6 Å². The maximum Gasteiger partial charge on any atom is 0.274 e. The van der Waals surface area contributed by atoms with Gasteiger partial charge in [0.25, 0.3) is 5.69 Å². The topological polar surface area (TPSA) is 55.2 Å². The highest BCUT2D eigenvalue weighted by molar-refractivity contribution is 5.56. The van der Waals surface area contributed by atoms with Gasteiger partial charge in [0.15, 0.2) is 0 Å². The van der Waals surface area contributed by atoms with E-state index in [-0.39, 0.29) is 16.1 Å². The third-order valence-electron chi connectivity index (χ3n) is 3.31. The Bertz CT molecular complexity index is 425. The molecule has 1 saturated carbocycles. The highest BCUT2D eigenvalue weighted by Gasteiger charge is 2.31. The van der Waals surface area contributed by atoms with Gasteiger partial charge in [0, 0.05) is 22.9 Å². The lowest BCUT2D eigenvalue weighted by Gasteiger charge is -2.40. The van der Waals surface area contributed by atoms with Gasteiger partial charge in [-0.15, -0.1) is 0 Å². The molecule has 0 heterocycles. The van der Waals surface area contributed by atoms with Crippen molar-refractivity contribution in [1.82, 2.24) is 0 Å². The number of hydrogen-bond acceptors (Lipinski definition) is 3. The monoisotopic (exact) mass is 220 g/mol. The molecule has 4 heteroatoms. The van der Waals surface area contributed by atoms with Crippen LogP contribution in [-0.2, 0) is 0 Å². The van der Waals surface area contributed by atoms with Gasteiger partial charge in [0.1, 0.15) is 0 Å². The van der Waals surface area contributed by atoms with E-state index in [0.29, 0.717) is 5.56 Å². The Labute approximate surface area is 94.8 Å². The molecular weight excluding hydrogens is 204 g/mol. The second kappa shape index (κ2) is 3.77. The van der Waals surface area contributed by atoms with Gasteiger partial charge in [-0.1, -0.05) is 6.07 Å². The third kappa shape index (κ3) is 2.01. The van der Waals surface area contributed by atoms with E-state index in [1.165, 1.54) is 6.42 Å². The summed E-state index contributed by atoms with van der Waals surface area (Å²) in [6, 6.07) is 5.33. The van der Waals surface area contributed by atoms with E-state index in [4.69, 9.17) is 0 Å². The van der Waals surface area contributed by atoms with Crippen molar-refractivity contribution in [3.8, 4) is 0 Å². The zero-order valence-corrected chi connectivity index (χ0v) is 9.62. The van der Waals surface area contributed by atoms with Crippen molar-refractivity contribution in [3.63, 3.8) is 0 Å². The maximum atomic E-state index is 10.8. The number of anilines is 1. The molecule has 0 atom stereocenters. The van der Waals surface area contributed by atoms with Crippen LogP contribution in [0.2, 0.25) is 0 Å². The minimum absolute atomic E-state index is 0.128. The Balaban J connectivity index is 2.22. The van der Waals surface area contributed by atoms with Crippen LogP contribution in [-0.4, -0.2) is 10.5 Å². The van der Waals surface area contributed by atoms with Gasteiger partial charge in [-0.3, -0.25) is 10.1 Å². The molecule has 1 N–H and O–H groups in total. The summed E-state index contributed by atoms with van der Waals surface area (Å²) in [5, 5.41) is 14.2. The molecule has 1 aromatic carbocycles. The average molecular weight is 220 g/mol. The lowest BCUT2D eigenvalue weighted by molar-refractivity contribution is -0.385. The van der Waals surface area contributed by atoms with Crippen molar-refractivity contribution >= 4 is 11.4 Å². The van der Waals surface area contributed by atoms with Gasteiger partial charge in [-0.25, -0.2) is 0 Å². The normalized spacial score (nSPS) is 17.6. The first kappa shape index (κ1) is 10.9. The average Bonchev–Trinajstić information content (AvgIpc) is 2.18. The summed E-state index contributed by atoms with van der Waals surface area (Å²) in [6.45, 7) is 3.91. The van der Waals surface area contributed by atoms with Crippen molar-refractivity contribution in [1.29, 1.82) is 0 Å². The van der Waals surface area contributed by atoms with Crippen molar-refractivity contribution in [2.24, 2.45) is 0 Å². The predicted molar refractivity (Wildman–Crippen MR) is 63.7 cm³/mol. The fourth-order valence-electron chi connectivity index (χ4n) is 2.06. The molecule has 0 aliphatic heterocycles. The van der Waals surface area contributed by atoms with Gasteiger partial charge in [-0.05, 0) is 39.2 Å². The highest BCUT2D eigenvalue weighted by Crippen LogP contribution is 2.35. The molecule has 1 aromatic rings. The second-order valence-corrected chi connectivity index (χ2v) is 4.80. The van der Waals surface area contributed by atoms with E-state index in [0.717, 1.165) is 18.5 Å². The number of nitrogens with zero attached hydrogens (tertiary/aromatic N) is 1. The quantitative estimate of drug-likeness (QED) is 0.628. The van der Waals surface area contributed by atoms with Crippen LogP contribution in [0.5, 0.6) is 0 Å². The van der Waals surface area contributed by atoms with E-state index in [2.05, 4.69) is 12.2 Å². The molecule has 86 valence electrons. The number of nitrogens with one attached hydrogen (secondary N) is 1. The molecule has 1 aliphatic carbocycles. The highest BCUT2D eigenvalue weighted by atomic mass is 16.6. The number of nitro groups is 1. The number of hydrogen-bond donors (Lipinski definition) is 1. The van der Waals surface area contributed by atoms with Gasteiger partial charge >= 0.3 is 0 Å². The van der Waals surface area contributed by atoms with Crippen LogP contribution in [0.15, 0.2) is 18.2 Å². The molecule has 0 unspecified atom stereocenters. The molecule has 4 nitrogen and oxygen atoms in total. The van der Waals surface area contributed by atoms with Crippen molar-refractivity contribution < 1.29 is 4.92 Å². The molecule has 0 spiro atoms. The second-order valence-electron chi connectivity index (χ2n) is 4.80. The molecule has 0 saturated heterocycles. The fourth-order valence-corrected chi connectivity index (χ4v) is 2.06. The molecule has 0 aromatic heterocycles. The van der Waals surface area contributed by atoms with Crippen LogP contribution >= 0.6 is 0 Å². The first-order chi connectivity index (χ1) is 7.50. The molecule has 0 amide bonds. The SMILES string of the molecule is Cc1ccc(NC2(C)CCC2)cc1[N+](=O)[O-]. The number of aryl methyl sites for hydroxylation is 1. The van der Waals surface area contributed by atoms with Crippen LogP contribution in [0, 0.1) is 17.0 Å². The van der Waals surface area contributed by atoms with Crippen molar-refractivity contribution in [2.75, 3.05) is 5.32 Å². The number of benzene rings is 1. The molecule has 16 heavy (non-hydrogen) atoms. The fraction of sp³-hybridized carbons (Fsp3) is 0.500. The summed E-state index contributed by atoms with van der Waals surface area (Å²) in [5.74, 6) is 0. The van der Waals surface area contributed by atoms with Gasteiger partial charge in [0.05, 0.1) is 4.92 Å².